The monoisotopic (exact) mass is 351 g/mol. The Morgan fingerprint density at radius 3 is 2.21 bits per heavy atom. The van der Waals surface area contributed by atoms with Crippen molar-refractivity contribution in [3.8, 4) is 0 Å². The van der Waals surface area contributed by atoms with E-state index in [1.165, 1.54) is 0 Å². The average molecular weight is 352 g/mol. The van der Waals surface area contributed by atoms with Gasteiger partial charge in [0, 0.05) is 37.8 Å². The Kier molecular flexibility index (Phi) is 6.91. The molecule has 6 heteroatoms. The number of carbonyl (C=O) groups excluding carboxylic acids is 2. The summed E-state index contributed by atoms with van der Waals surface area (Å²) in [6, 6.07) is 9.75. The quantitative estimate of drug-likeness (QED) is 0.906. The second-order valence-corrected chi connectivity index (χ2v) is 6.41. The first-order chi connectivity index (χ1) is 11.2. The predicted octanol–water partition coefficient (Wildman–Crippen LogP) is 2.38. The van der Waals surface area contributed by atoms with E-state index in [1.807, 2.05) is 40.1 Å². The molecule has 2 amide bonds. The van der Waals surface area contributed by atoms with Gasteiger partial charge in [0.15, 0.2) is 0 Å². The molecule has 2 aliphatic heterocycles. The number of nitrogens with zero attached hydrogens (tertiary/aromatic N) is 2. The van der Waals surface area contributed by atoms with Crippen LogP contribution in [0.2, 0.25) is 0 Å². The van der Waals surface area contributed by atoms with Crippen LogP contribution in [0.3, 0.4) is 0 Å². The molecule has 2 saturated heterocycles. The minimum absolute atomic E-state index is 0. The fraction of sp³-hybridized carbons (Fsp3) is 0.556. The number of hydrogen-bond donors (Lipinski definition) is 1. The van der Waals surface area contributed by atoms with Gasteiger partial charge in [-0.3, -0.25) is 9.59 Å². The molecular weight excluding hydrogens is 326 g/mol. The standard InChI is InChI=1S/C18H25N3O2.ClH/c22-17(14-19-16-6-2-1-3-7-16)20-12-8-15(9-13-20)18(23)21-10-4-5-11-21;/h1-3,6-7,15,19H,4-5,8-14H2;1H. The van der Waals surface area contributed by atoms with Crippen LogP contribution in [0.4, 0.5) is 5.69 Å². The van der Waals surface area contributed by atoms with Crippen molar-refractivity contribution >= 4 is 29.9 Å². The molecule has 0 aromatic heterocycles. The zero-order valence-corrected chi connectivity index (χ0v) is 14.8. The van der Waals surface area contributed by atoms with Crippen LogP contribution in [0, 0.1) is 5.92 Å². The van der Waals surface area contributed by atoms with Crippen LogP contribution in [0.5, 0.6) is 0 Å². The third-order valence-electron chi connectivity index (χ3n) is 4.83. The first-order valence-electron chi connectivity index (χ1n) is 8.59. The molecule has 0 aliphatic carbocycles. The predicted molar refractivity (Wildman–Crippen MR) is 97.3 cm³/mol. The van der Waals surface area contributed by atoms with Gasteiger partial charge in [-0.15, -0.1) is 12.4 Å². The van der Waals surface area contributed by atoms with Gasteiger partial charge in [-0.2, -0.15) is 0 Å². The third kappa shape index (κ3) is 4.63. The van der Waals surface area contributed by atoms with Crippen molar-refractivity contribution < 1.29 is 9.59 Å². The number of para-hydroxylation sites is 1. The van der Waals surface area contributed by atoms with E-state index in [0.717, 1.165) is 44.5 Å². The summed E-state index contributed by atoms with van der Waals surface area (Å²) in [5.41, 5.74) is 0.958. The maximum Gasteiger partial charge on any atom is 0.241 e. The van der Waals surface area contributed by atoms with Crippen LogP contribution in [0.1, 0.15) is 25.7 Å². The van der Waals surface area contributed by atoms with Crippen LogP contribution in [-0.4, -0.2) is 54.3 Å². The summed E-state index contributed by atoms with van der Waals surface area (Å²) in [4.78, 5) is 28.5. The molecule has 1 N–H and O–H groups in total. The maximum absolute atomic E-state index is 12.4. The number of carbonyl (C=O) groups is 2. The minimum Gasteiger partial charge on any atom is -0.376 e. The molecule has 0 unspecified atom stereocenters. The fourth-order valence-corrected chi connectivity index (χ4v) is 3.42. The van der Waals surface area contributed by atoms with Crippen molar-refractivity contribution in [1.29, 1.82) is 0 Å². The molecule has 0 radical (unpaired) electrons. The van der Waals surface area contributed by atoms with Gasteiger partial charge in [-0.25, -0.2) is 0 Å². The summed E-state index contributed by atoms with van der Waals surface area (Å²) in [7, 11) is 0. The highest BCUT2D eigenvalue weighted by molar-refractivity contribution is 5.85. The summed E-state index contributed by atoms with van der Waals surface area (Å²) >= 11 is 0. The smallest absolute Gasteiger partial charge is 0.241 e. The SMILES string of the molecule is Cl.O=C(CNc1ccccc1)N1CCC(C(=O)N2CCCC2)CC1. The summed E-state index contributed by atoms with van der Waals surface area (Å²) in [5, 5.41) is 3.15. The number of anilines is 1. The molecule has 0 atom stereocenters. The molecule has 1 aromatic carbocycles. The highest BCUT2D eigenvalue weighted by Gasteiger charge is 2.30. The van der Waals surface area contributed by atoms with E-state index in [-0.39, 0.29) is 24.2 Å². The maximum atomic E-state index is 12.4. The zero-order valence-electron chi connectivity index (χ0n) is 13.9. The first kappa shape index (κ1) is 18.6. The van der Waals surface area contributed by atoms with Crippen molar-refractivity contribution in [3.63, 3.8) is 0 Å². The number of halogens is 1. The lowest BCUT2D eigenvalue weighted by molar-refractivity contribution is -0.139. The number of benzene rings is 1. The number of piperidine rings is 1. The Morgan fingerprint density at radius 2 is 1.58 bits per heavy atom. The van der Waals surface area contributed by atoms with Gasteiger partial charge < -0.3 is 15.1 Å². The normalized spacial score (nSPS) is 18.2. The van der Waals surface area contributed by atoms with Gasteiger partial charge in [0.25, 0.3) is 0 Å². The van der Waals surface area contributed by atoms with Gasteiger partial charge in [-0.05, 0) is 37.8 Å². The largest absolute Gasteiger partial charge is 0.376 e. The molecule has 3 rings (SSSR count). The summed E-state index contributed by atoms with van der Waals surface area (Å²) in [6.45, 7) is 3.53. The van der Waals surface area contributed by atoms with Crippen LogP contribution in [-0.2, 0) is 9.59 Å². The molecule has 0 spiro atoms. The number of likely N-dealkylation sites (tertiary alicyclic amines) is 2. The van der Waals surface area contributed by atoms with E-state index in [2.05, 4.69) is 5.32 Å². The Labute approximate surface area is 149 Å². The van der Waals surface area contributed by atoms with Gasteiger partial charge >= 0.3 is 0 Å². The highest BCUT2D eigenvalue weighted by atomic mass is 35.5. The van der Waals surface area contributed by atoms with E-state index >= 15 is 0 Å². The van der Waals surface area contributed by atoms with Crippen molar-refractivity contribution in [2.45, 2.75) is 25.7 Å². The summed E-state index contributed by atoms with van der Waals surface area (Å²) < 4.78 is 0. The topological polar surface area (TPSA) is 52.7 Å². The van der Waals surface area contributed by atoms with Gasteiger partial charge in [-0.1, -0.05) is 18.2 Å². The van der Waals surface area contributed by atoms with E-state index < -0.39 is 0 Å². The van der Waals surface area contributed by atoms with Crippen molar-refractivity contribution in [2.24, 2.45) is 5.92 Å². The fourth-order valence-electron chi connectivity index (χ4n) is 3.42. The third-order valence-corrected chi connectivity index (χ3v) is 4.83. The van der Waals surface area contributed by atoms with E-state index in [0.29, 0.717) is 25.5 Å². The number of rotatable bonds is 4. The molecule has 2 fully saturated rings. The summed E-state index contributed by atoms with van der Waals surface area (Å²) in [6.07, 6.45) is 3.86. The lowest BCUT2D eigenvalue weighted by Crippen LogP contribution is -2.45. The van der Waals surface area contributed by atoms with E-state index in [4.69, 9.17) is 0 Å². The number of nitrogens with one attached hydrogen (secondary N) is 1. The Bertz CT molecular complexity index is 538. The average Bonchev–Trinajstić information content (AvgIpc) is 3.15. The number of hydrogen-bond acceptors (Lipinski definition) is 3. The summed E-state index contributed by atoms with van der Waals surface area (Å²) in [5.74, 6) is 0.525. The lowest BCUT2D eigenvalue weighted by atomic mass is 9.95. The molecule has 132 valence electrons. The zero-order chi connectivity index (χ0) is 16.1. The van der Waals surface area contributed by atoms with Crippen molar-refractivity contribution in [2.75, 3.05) is 38.0 Å². The van der Waals surface area contributed by atoms with Gasteiger partial charge in [0.2, 0.25) is 11.8 Å². The Morgan fingerprint density at radius 1 is 0.958 bits per heavy atom. The van der Waals surface area contributed by atoms with Crippen molar-refractivity contribution in [3.05, 3.63) is 30.3 Å². The van der Waals surface area contributed by atoms with Crippen LogP contribution in [0.25, 0.3) is 0 Å². The number of amides is 2. The highest BCUT2D eigenvalue weighted by Crippen LogP contribution is 2.22. The molecule has 2 aliphatic rings. The Balaban J connectivity index is 0.00000208. The molecule has 1 aromatic rings. The molecular formula is C18H26ClN3O2. The molecule has 0 saturated carbocycles. The van der Waals surface area contributed by atoms with Crippen molar-refractivity contribution in [1.82, 2.24) is 9.80 Å². The Hall–Kier alpha value is -1.75. The van der Waals surface area contributed by atoms with E-state index in [1.54, 1.807) is 0 Å². The first-order valence-corrected chi connectivity index (χ1v) is 8.59. The molecule has 0 bridgehead atoms. The van der Waals surface area contributed by atoms with Crippen LogP contribution < -0.4 is 5.32 Å². The van der Waals surface area contributed by atoms with Gasteiger partial charge in [0.05, 0.1) is 6.54 Å². The minimum atomic E-state index is 0. The van der Waals surface area contributed by atoms with E-state index in [9.17, 15) is 9.59 Å². The van der Waals surface area contributed by atoms with Crippen LogP contribution >= 0.6 is 12.4 Å². The molecule has 2 heterocycles. The van der Waals surface area contributed by atoms with Gasteiger partial charge in [0.1, 0.15) is 0 Å². The molecule has 5 nitrogen and oxygen atoms in total. The van der Waals surface area contributed by atoms with Crippen LogP contribution in [0.15, 0.2) is 30.3 Å². The lowest BCUT2D eigenvalue weighted by Gasteiger charge is -2.33. The second-order valence-electron chi connectivity index (χ2n) is 6.41. The molecule has 24 heavy (non-hydrogen) atoms. The second kappa shape index (κ2) is 8.92.